The van der Waals surface area contributed by atoms with Gasteiger partial charge >= 0.3 is 0 Å². The normalized spacial score (nSPS) is 15.4. The van der Waals surface area contributed by atoms with E-state index >= 15 is 0 Å². The number of hydrogen-bond acceptors (Lipinski definition) is 7. The van der Waals surface area contributed by atoms with Gasteiger partial charge in [0.15, 0.2) is 18.1 Å². The Balaban J connectivity index is 1.08. The molecule has 9 nitrogen and oxygen atoms in total. The van der Waals surface area contributed by atoms with Crippen LogP contribution in [0, 0.1) is 6.92 Å². The molecule has 11 heteroatoms. The van der Waals surface area contributed by atoms with Crippen LogP contribution in [-0.2, 0) is 21.4 Å². The number of aryl methyl sites for hydroxylation is 1. The van der Waals surface area contributed by atoms with Crippen LogP contribution in [0.15, 0.2) is 65.6 Å². The third kappa shape index (κ3) is 6.15. The minimum Gasteiger partial charge on any atom is -0.484 e. The zero-order chi connectivity index (χ0) is 26.7. The first-order chi connectivity index (χ1) is 18.3. The lowest BCUT2D eigenvalue weighted by Gasteiger charge is -2.34. The van der Waals surface area contributed by atoms with Gasteiger partial charge in [-0.05, 0) is 66.6 Å². The zero-order valence-corrected chi connectivity index (χ0v) is 22.4. The number of sulfonamides is 1. The Labute approximate surface area is 226 Å². The van der Waals surface area contributed by atoms with Crippen molar-refractivity contribution in [3.05, 3.63) is 76.8 Å². The smallest absolute Gasteiger partial charge is 0.261 e. The largest absolute Gasteiger partial charge is 0.484 e. The van der Waals surface area contributed by atoms with E-state index < -0.39 is 10.0 Å². The Morgan fingerprint density at radius 2 is 1.71 bits per heavy atom. The van der Waals surface area contributed by atoms with Crippen LogP contribution in [-0.4, -0.2) is 63.7 Å². The van der Waals surface area contributed by atoms with Gasteiger partial charge in [0.1, 0.15) is 5.75 Å². The molecule has 2 heterocycles. The van der Waals surface area contributed by atoms with Crippen LogP contribution in [0.5, 0.6) is 17.2 Å². The fourth-order valence-corrected chi connectivity index (χ4v) is 5.50. The summed E-state index contributed by atoms with van der Waals surface area (Å²) >= 11 is 6.09. The molecule has 2 aliphatic rings. The third-order valence-electron chi connectivity index (χ3n) is 6.49. The summed E-state index contributed by atoms with van der Waals surface area (Å²) in [6.45, 7) is 5.48. The van der Waals surface area contributed by atoms with Gasteiger partial charge in [0.2, 0.25) is 6.79 Å². The van der Waals surface area contributed by atoms with E-state index in [1.54, 1.807) is 23.1 Å². The molecule has 200 valence electrons. The zero-order valence-electron chi connectivity index (χ0n) is 20.9. The highest BCUT2D eigenvalue weighted by atomic mass is 35.5. The van der Waals surface area contributed by atoms with Gasteiger partial charge in [-0.25, -0.2) is 8.42 Å². The number of halogens is 1. The van der Waals surface area contributed by atoms with Gasteiger partial charge in [-0.2, -0.15) is 0 Å². The fourth-order valence-electron chi connectivity index (χ4n) is 4.27. The molecule has 0 aliphatic carbocycles. The molecule has 0 radical (unpaired) electrons. The van der Waals surface area contributed by atoms with Gasteiger partial charge in [0.05, 0.1) is 10.6 Å². The highest BCUT2D eigenvalue weighted by Crippen LogP contribution is 2.33. The van der Waals surface area contributed by atoms with E-state index in [2.05, 4.69) is 9.62 Å². The summed E-state index contributed by atoms with van der Waals surface area (Å²) in [5.74, 6) is 1.84. The summed E-state index contributed by atoms with van der Waals surface area (Å²) in [6.07, 6.45) is 0. The summed E-state index contributed by atoms with van der Waals surface area (Å²) in [7, 11) is -3.80. The first-order valence-electron chi connectivity index (χ1n) is 12.2. The first-order valence-corrected chi connectivity index (χ1v) is 14.0. The molecule has 0 spiro atoms. The van der Waals surface area contributed by atoms with Crippen LogP contribution >= 0.6 is 11.6 Å². The van der Waals surface area contributed by atoms with Gasteiger partial charge < -0.3 is 19.1 Å². The average molecular weight is 558 g/mol. The van der Waals surface area contributed by atoms with Crippen LogP contribution in [0.3, 0.4) is 0 Å². The molecule has 1 saturated heterocycles. The van der Waals surface area contributed by atoms with Crippen LogP contribution in [0.25, 0.3) is 0 Å². The monoisotopic (exact) mass is 557 g/mol. The highest BCUT2D eigenvalue weighted by molar-refractivity contribution is 7.92. The molecule has 3 aromatic rings. The van der Waals surface area contributed by atoms with E-state index in [-0.39, 0.29) is 24.2 Å². The van der Waals surface area contributed by atoms with E-state index in [1.165, 1.54) is 24.3 Å². The van der Waals surface area contributed by atoms with Crippen molar-refractivity contribution in [1.82, 2.24) is 9.80 Å². The van der Waals surface area contributed by atoms with Crippen LogP contribution in [0.4, 0.5) is 5.69 Å². The molecule has 0 atom stereocenters. The van der Waals surface area contributed by atoms with E-state index in [9.17, 15) is 13.2 Å². The number of nitrogens with zero attached hydrogens (tertiary/aromatic N) is 2. The molecule has 3 aromatic carbocycles. The molecule has 1 amide bonds. The van der Waals surface area contributed by atoms with Crippen molar-refractivity contribution in [3.63, 3.8) is 0 Å². The van der Waals surface area contributed by atoms with Crippen molar-refractivity contribution >= 4 is 33.2 Å². The van der Waals surface area contributed by atoms with E-state index in [0.717, 1.165) is 42.3 Å². The molecule has 0 aromatic heterocycles. The molecule has 0 saturated carbocycles. The standard InChI is InChI=1S/C27H28ClN3O6S/c1-19-2-4-21(15-24(19)28)29-38(33,34)23-7-5-22(6-8-23)35-17-27(32)31-12-10-30(11-13-31)16-20-3-9-25-26(14-20)37-18-36-25/h2-9,14-15,29H,10-13,16-18H2,1H3. The summed E-state index contributed by atoms with van der Waals surface area (Å²) in [6, 6.07) is 16.9. The van der Waals surface area contributed by atoms with Crippen LogP contribution in [0.2, 0.25) is 5.02 Å². The molecule has 1 N–H and O–H groups in total. The van der Waals surface area contributed by atoms with E-state index in [0.29, 0.717) is 29.5 Å². The Bertz CT molecular complexity index is 1420. The van der Waals surface area contributed by atoms with Crippen molar-refractivity contribution in [2.24, 2.45) is 0 Å². The second-order valence-corrected chi connectivity index (χ2v) is 11.3. The predicted molar refractivity (Wildman–Crippen MR) is 143 cm³/mol. The van der Waals surface area contributed by atoms with Gasteiger partial charge in [0.25, 0.3) is 15.9 Å². The molecular formula is C27H28ClN3O6S. The van der Waals surface area contributed by atoms with Crippen molar-refractivity contribution in [2.75, 3.05) is 44.3 Å². The number of amides is 1. The molecule has 2 aliphatic heterocycles. The number of rotatable bonds is 8. The van der Waals surface area contributed by atoms with Crippen molar-refractivity contribution in [3.8, 4) is 17.2 Å². The van der Waals surface area contributed by atoms with E-state index in [1.807, 2.05) is 25.1 Å². The van der Waals surface area contributed by atoms with Crippen LogP contribution in [0.1, 0.15) is 11.1 Å². The number of hydrogen-bond donors (Lipinski definition) is 1. The lowest BCUT2D eigenvalue weighted by molar-refractivity contribution is -0.135. The number of ether oxygens (including phenoxy) is 3. The van der Waals surface area contributed by atoms with Crippen LogP contribution < -0.4 is 18.9 Å². The SMILES string of the molecule is Cc1ccc(NS(=O)(=O)c2ccc(OCC(=O)N3CCN(Cc4ccc5c(c4)OCO5)CC3)cc2)cc1Cl. The maximum absolute atomic E-state index is 12.7. The minimum absolute atomic E-state index is 0.0754. The molecule has 0 unspecified atom stereocenters. The second kappa shape index (κ2) is 11.1. The van der Waals surface area contributed by atoms with Gasteiger partial charge in [0, 0.05) is 37.7 Å². The number of carbonyl (C=O) groups excluding carboxylic acids is 1. The number of piperazine rings is 1. The number of anilines is 1. The third-order valence-corrected chi connectivity index (χ3v) is 8.29. The molecule has 0 bridgehead atoms. The summed E-state index contributed by atoms with van der Waals surface area (Å²) < 4.78 is 44.4. The summed E-state index contributed by atoms with van der Waals surface area (Å²) in [4.78, 5) is 16.8. The van der Waals surface area contributed by atoms with Gasteiger partial charge in [-0.1, -0.05) is 23.7 Å². The van der Waals surface area contributed by atoms with Crippen molar-refractivity contribution in [2.45, 2.75) is 18.4 Å². The molecule has 5 rings (SSSR count). The quantitative estimate of drug-likeness (QED) is 0.448. The predicted octanol–water partition coefficient (Wildman–Crippen LogP) is 3.90. The Hall–Kier alpha value is -3.47. The lowest BCUT2D eigenvalue weighted by atomic mass is 10.1. The number of carbonyl (C=O) groups is 1. The maximum atomic E-state index is 12.7. The summed E-state index contributed by atoms with van der Waals surface area (Å²) in [5.41, 5.74) is 2.37. The van der Waals surface area contributed by atoms with Gasteiger partial charge in [-0.15, -0.1) is 0 Å². The van der Waals surface area contributed by atoms with Gasteiger partial charge in [-0.3, -0.25) is 14.4 Å². The average Bonchev–Trinajstić information content (AvgIpc) is 3.38. The van der Waals surface area contributed by atoms with E-state index in [4.69, 9.17) is 25.8 Å². The minimum atomic E-state index is -3.80. The summed E-state index contributed by atoms with van der Waals surface area (Å²) in [5, 5.41) is 0.477. The molecular weight excluding hydrogens is 530 g/mol. The second-order valence-electron chi connectivity index (χ2n) is 9.17. The fraction of sp³-hybridized carbons (Fsp3) is 0.296. The molecule has 38 heavy (non-hydrogen) atoms. The Morgan fingerprint density at radius 3 is 2.45 bits per heavy atom. The number of fused-ring (bicyclic) bond motifs is 1. The lowest BCUT2D eigenvalue weighted by Crippen LogP contribution is -2.49. The molecule has 1 fully saturated rings. The highest BCUT2D eigenvalue weighted by Gasteiger charge is 2.22. The Kier molecular flexibility index (Phi) is 7.64. The number of nitrogens with one attached hydrogen (secondary N) is 1. The topological polar surface area (TPSA) is 97.4 Å². The van der Waals surface area contributed by atoms with Crippen molar-refractivity contribution in [1.29, 1.82) is 0 Å². The Morgan fingerprint density at radius 1 is 0.974 bits per heavy atom. The maximum Gasteiger partial charge on any atom is 0.261 e. The number of benzene rings is 3. The van der Waals surface area contributed by atoms with Crippen molar-refractivity contribution < 1.29 is 27.4 Å². The first kappa shape index (κ1) is 26.1.